The van der Waals surface area contributed by atoms with Crippen molar-refractivity contribution >= 4 is 23.1 Å². The summed E-state index contributed by atoms with van der Waals surface area (Å²) in [5.41, 5.74) is 0.406. The number of rotatable bonds is 8. The molecule has 0 aliphatic carbocycles. The molecular formula is C24H22N4O6. The molecule has 0 radical (unpaired) electrons. The molecule has 10 nitrogen and oxygen atoms in total. The summed E-state index contributed by atoms with van der Waals surface area (Å²) in [5.74, 6) is -1.40. The van der Waals surface area contributed by atoms with Crippen LogP contribution in [0.5, 0.6) is 5.75 Å². The number of carbonyl (C=O) groups is 2. The molecule has 1 atom stereocenters. The molecular weight excluding hydrogens is 440 g/mol. The Bertz CT molecular complexity index is 1250. The second-order valence-electron chi connectivity index (χ2n) is 7.73. The zero-order chi connectivity index (χ0) is 24.2. The van der Waals surface area contributed by atoms with Crippen LogP contribution in [0.1, 0.15) is 23.6 Å². The number of Topliss-reactive ketones (excluding diaryl/α,β-unsaturated/α-hetero) is 1. The number of aryl methyl sites for hydroxylation is 1. The molecule has 1 amide bonds. The molecule has 1 fully saturated rings. The number of methoxy groups -OCH3 is 1. The first-order valence-electron chi connectivity index (χ1n) is 10.5. The van der Waals surface area contributed by atoms with E-state index in [2.05, 4.69) is 4.98 Å². The Hall–Kier alpha value is -4.47. The maximum Gasteiger partial charge on any atom is 0.295 e. The fraction of sp³-hybridized carbons (Fsp3) is 0.208. The van der Waals surface area contributed by atoms with E-state index in [-0.39, 0.29) is 23.6 Å². The number of ether oxygens (including phenoxy) is 1. The Labute approximate surface area is 194 Å². The lowest BCUT2D eigenvalue weighted by Gasteiger charge is -2.25. The van der Waals surface area contributed by atoms with Crippen molar-refractivity contribution < 1.29 is 24.4 Å². The molecule has 34 heavy (non-hydrogen) atoms. The van der Waals surface area contributed by atoms with Crippen molar-refractivity contribution in [3.05, 3.63) is 94.1 Å². The molecule has 0 spiro atoms. The Morgan fingerprint density at radius 1 is 1.18 bits per heavy atom. The number of benzene rings is 2. The summed E-state index contributed by atoms with van der Waals surface area (Å²) >= 11 is 0. The van der Waals surface area contributed by atoms with Crippen LogP contribution in [0.3, 0.4) is 0 Å². The van der Waals surface area contributed by atoms with Gasteiger partial charge in [-0.2, -0.15) is 0 Å². The normalized spacial score (nSPS) is 17.2. The van der Waals surface area contributed by atoms with Gasteiger partial charge in [-0.05, 0) is 36.2 Å². The summed E-state index contributed by atoms with van der Waals surface area (Å²) in [7, 11) is 1.51. The minimum absolute atomic E-state index is 0.113. The van der Waals surface area contributed by atoms with Crippen molar-refractivity contribution in [3.63, 3.8) is 0 Å². The van der Waals surface area contributed by atoms with Crippen LogP contribution in [0.2, 0.25) is 0 Å². The molecule has 1 unspecified atom stereocenters. The average Bonchev–Trinajstić information content (AvgIpc) is 3.46. The molecule has 1 aliphatic rings. The predicted octanol–water partition coefficient (Wildman–Crippen LogP) is 3.31. The Morgan fingerprint density at radius 2 is 1.94 bits per heavy atom. The summed E-state index contributed by atoms with van der Waals surface area (Å²) < 4.78 is 6.98. The molecule has 2 heterocycles. The molecule has 1 aromatic heterocycles. The van der Waals surface area contributed by atoms with Gasteiger partial charge in [0.15, 0.2) is 0 Å². The highest BCUT2D eigenvalue weighted by Gasteiger charge is 2.46. The summed E-state index contributed by atoms with van der Waals surface area (Å²) in [5, 5.41) is 22.4. The van der Waals surface area contributed by atoms with Gasteiger partial charge in [-0.1, -0.05) is 12.1 Å². The van der Waals surface area contributed by atoms with Crippen LogP contribution in [0.25, 0.3) is 5.76 Å². The van der Waals surface area contributed by atoms with Gasteiger partial charge in [-0.3, -0.25) is 19.7 Å². The molecule has 1 saturated heterocycles. The molecule has 4 rings (SSSR count). The number of aliphatic hydroxyl groups excluding tert-OH is 1. The van der Waals surface area contributed by atoms with E-state index in [9.17, 15) is 24.8 Å². The molecule has 1 aliphatic heterocycles. The number of aromatic nitrogens is 2. The number of nitro groups is 1. The lowest BCUT2D eigenvalue weighted by molar-refractivity contribution is -0.384. The fourth-order valence-corrected chi connectivity index (χ4v) is 4.01. The van der Waals surface area contributed by atoms with Gasteiger partial charge in [-0.25, -0.2) is 4.98 Å². The number of nitrogens with zero attached hydrogens (tertiary/aromatic N) is 4. The van der Waals surface area contributed by atoms with Gasteiger partial charge < -0.3 is 19.3 Å². The number of amides is 1. The quantitative estimate of drug-likeness (QED) is 0.179. The van der Waals surface area contributed by atoms with E-state index in [0.717, 1.165) is 0 Å². The molecule has 0 bridgehead atoms. The fourth-order valence-electron chi connectivity index (χ4n) is 4.01. The third kappa shape index (κ3) is 4.38. The van der Waals surface area contributed by atoms with E-state index >= 15 is 0 Å². The third-order valence-corrected chi connectivity index (χ3v) is 5.67. The SMILES string of the molecule is COc1ccc(/C(O)=C2/C(=O)C(=O)N(CCCn3ccnc3)C2c2cccc([N+](=O)[O-])c2)cc1. The predicted molar refractivity (Wildman–Crippen MR) is 122 cm³/mol. The Kier molecular flexibility index (Phi) is 6.39. The molecule has 10 heteroatoms. The van der Waals surface area contributed by atoms with Gasteiger partial charge >= 0.3 is 0 Å². The summed E-state index contributed by atoms with van der Waals surface area (Å²) in [6, 6.07) is 11.2. The smallest absolute Gasteiger partial charge is 0.295 e. The largest absolute Gasteiger partial charge is 0.507 e. The van der Waals surface area contributed by atoms with Gasteiger partial charge in [0, 0.05) is 43.2 Å². The van der Waals surface area contributed by atoms with E-state index in [4.69, 9.17) is 4.74 Å². The van der Waals surface area contributed by atoms with Crippen molar-refractivity contribution in [2.75, 3.05) is 13.7 Å². The summed E-state index contributed by atoms with van der Waals surface area (Å²) in [6.07, 6.45) is 5.59. The number of ketones is 1. The summed E-state index contributed by atoms with van der Waals surface area (Å²) in [6.45, 7) is 0.763. The highest BCUT2D eigenvalue weighted by molar-refractivity contribution is 6.46. The van der Waals surface area contributed by atoms with Crippen molar-refractivity contribution in [2.24, 2.45) is 0 Å². The van der Waals surface area contributed by atoms with E-state index in [1.807, 2.05) is 4.57 Å². The van der Waals surface area contributed by atoms with E-state index < -0.39 is 22.7 Å². The third-order valence-electron chi connectivity index (χ3n) is 5.67. The number of nitro benzene ring substituents is 1. The lowest BCUT2D eigenvalue weighted by atomic mass is 9.95. The lowest BCUT2D eigenvalue weighted by Crippen LogP contribution is -2.31. The number of aliphatic hydroxyl groups is 1. The molecule has 1 N–H and O–H groups in total. The van der Waals surface area contributed by atoms with Gasteiger partial charge in [0.25, 0.3) is 17.4 Å². The molecule has 174 valence electrons. The van der Waals surface area contributed by atoms with Gasteiger partial charge in [0.05, 0.1) is 30.0 Å². The number of non-ortho nitro benzene ring substituents is 1. The van der Waals surface area contributed by atoms with Gasteiger partial charge in [0.2, 0.25) is 0 Å². The first kappa shape index (κ1) is 22.7. The van der Waals surface area contributed by atoms with Crippen LogP contribution < -0.4 is 4.74 Å². The van der Waals surface area contributed by atoms with Gasteiger partial charge in [-0.15, -0.1) is 0 Å². The number of carbonyl (C=O) groups excluding carboxylic acids is 2. The minimum atomic E-state index is -0.968. The van der Waals surface area contributed by atoms with Crippen LogP contribution >= 0.6 is 0 Å². The van der Waals surface area contributed by atoms with Crippen LogP contribution in [0.4, 0.5) is 5.69 Å². The van der Waals surface area contributed by atoms with E-state index in [1.54, 1.807) is 49.1 Å². The van der Waals surface area contributed by atoms with Crippen molar-refractivity contribution in [3.8, 4) is 5.75 Å². The van der Waals surface area contributed by atoms with Crippen LogP contribution in [-0.2, 0) is 16.1 Å². The van der Waals surface area contributed by atoms with Crippen molar-refractivity contribution in [1.82, 2.24) is 14.5 Å². The van der Waals surface area contributed by atoms with Crippen LogP contribution in [-0.4, -0.2) is 49.8 Å². The Balaban J connectivity index is 1.76. The zero-order valence-corrected chi connectivity index (χ0v) is 18.3. The first-order valence-corrected chi connectivity index (χ1v) is 10.5. The maximum absolute atomic E-state index is 13.1. The van der Waals surface area contributed by atoms with Crippen molar-refractivity contribution in [2.45, 2.75) is 19.0 Å². The van der Waals surface area contributed by atoms with E-state index in [1.165, 1.54) is 30.2 Å². The molecule has 2 aromatic carbocycles. The van der Waals surface area contributed by atoms with Crippen LogP contribution in [0.15, 0.2) is 72.8 Å². The molecule has 3 aromatic rings. The second kappa shape index (κ2) is 9.57. The Morgan fingerprint density at radius 3 is 2.59 bits per heavy atom. The van der Waals surface area contributed by atoms with Crippen molar-refractivity contribution in [1.29, 1.82) is 0 Å². The maximum atomic E-state index is 13.1. The standard InChI is InChI=1S/C24H22N4O6/c1-34-19-8-6-16(7-9-19)22(29)20-21(17-4-2-5-18(14-17)28(32)33)27(24(31)23(20)30)12-3-11-26-13-10-25-15-26/h2,4-10,13-15,21,29H,3,11-12H2,1H3/b22-20-. The number of imidazole rings is 1. The summed E-state index contributed by atoms with van der Waals surface area (Å²) in [4.78, 5) is 42.2. The zero-order valence-electron chi connectivity index (χ0n) is 18.3. The average molecular weight is 462 g/mol. The number of hydrogen-bond acceptors (Lipinski definition) is 7. The second-order valence-corrected chi connectivity index (χ2v) is 7.73. The minimum Gasteiger partial charge on any atom is -0.507 e. The highest BCUT2D eigenvalue weighted by atomic mass is 16.6. The van der Waals surface area contributed by atoms with Crippen LogP contribution in [0, 0.1) is 10.1 Å². The number of hydrogen-bond donors (Lipinski definition) is 1. The van der Waals surface area contributed by atoms with E-state index in [0.29, 0.717) is 29.8 Å². The topological polar surface area (TPSA) is 128 Å². The van der Waals surface area contributed by atoms with Gasteiger partial charge in [0.1, 0.15) is 11.5 Å². The highest BCUT2D eigenvalue weighted by Crippen LogP contribution is 2.40. The first-order chi connectivity index (χ1) is 16.4. The molecule has 0 saturated carbocycles. The number of likely N-dealkylation sites (tertiary alicyclic amines) is 1. The monoisotopic (exact) mass is 462 g/mol.